The van der Waals surface area contributed by atoms with Crippen molar-refractivity contribution in [3.05, 3.63) is 47.6 Å². The summed E-state index contributed by atoms with van der Waals surface area (Å²) in [6.45, 7) is 12.6. The molecule has 1 saturated carbocycles. The van der Waals surface area contributed by atoms with Crippen molar-refractivity contribution in [2.24, 2.45) is 35.5 Å². The molecule has 418 valence electrons. The molecule has 0 aromatic rings. The summed E-state index contributed by atoms with van der Waals surface area (Å²) in [5.74, 6) is -8.46. The highest BCUT2D eigenvalue weighted by molar-refractivity contribution is 6.39. The van der Waals surface area contributed by atoms with Gasteiger partial charge in [0.25, 0.3) is 11.7 Å². The van der Waals surface area contributed by atoms with Crippen LogP contribution in [0.4, 0.5) is 4.79 Å². The Morgan fingerprint density at radius 1 is 0.878 bits per heavy atom. The molecule has 4 rings (SSSR count). The summed E-state index contributed by atoms with van der Waals surface area (Å²) in [6.07, 6.45) is 10.2. The highest BCUT2D eigenvalue weighted by Crippen LogP contribution is 2.38. The number of nitrogens with zero attached hydrogens (tertiary/aromatic N) is 1. The van der Waals surface area contributed by atoms with E-state index in [4.69, 9.17) is 33.2 Å². The molecule has 15 atom stereocenters. The first-order valence-corrected chi connectivity index (χ1v) is 26.8. The van der Waals surface area contributed by atoms with E-state index in [9.17, 15) is 44.1 Å². The van der Waals surface area contributed by atoms with E-state index in [0.717, 1.165) is 12.0 Å². The molecule has 0 radical (unpaired) electrons. The van der Waals surface area contributed by atoms with Gasteiger partial charge < -0.3 is 58.7 Å². The van der Waals surface area contributed by atoms with Crippen molar-refractivity contribution in [2.45, 2.75) is 180 Å². The van der Waals surface area contributed by atoms with Gasteiger partial charge in [-0.1, -0.05) is 71.1 Å². The summed E-state index contributed by atoms with van der Waals surface area (Å²) in [7, 11) is 4.43. The van der Waals surface area contributed by atoms with Crippen LogP contribution in [0.1, 0.15) is 126 Å². The zero-order valence-electron chi connectivity index (χ0n) is 45.7. The number of hydrogen-bond donors (Lipinski definition) is 4. The molecule has 0 unspecified atom stereocenters. The highest BCUT2D eigenvalue weighted by Gasteiger charge is 2.53. The molecular weight excluding hydrogens is 957 g/mol. The van der Waals surface area contributed by atoms with Gasteiger partial charge in [-0.2, -0.15) is 0 Å². The monoisotopic (exact) mass is 1040 g/mol. The average Bonchev–Trinajstić information content (AvgIpc) is 3.38. The van der Waals surface area contributed by atoms with Gasteiger partial charge in [-0.15, -0.1) is 0 Å². The highest BCUT2D eigenvalue weighted by atomic mass is 16.6. The van der Waals surface area contributed by atoms with Crippen LogP contribution in [0.2, 0.25) is 0 Å². The molecule has 74 heavy (non-hydrogen) atoms. The van der Waals surface area contributed by atoms with E-state index in [-0.39, 0.29) is 93.8 Å². The van der Waals surface area contributed by atoms with Crippen LogP contribution in [0.25, 0.3) is 0 Å². The molecule has 3 heterocycles. The van der Waals surface area contributed by atoms with Crippen LogP contribution in [-0.4, -0.2) is 164 Å². The minimum atomic E-state index is -2.52. The smallest absolute Gasteiger partial charge is 0.406 e. The number of amides is 2. The molecule has 4 N–H and O–H groups in total. The van der Waals surface area contributed by atoms with Gasteiger partial charge >= 0.3 is 12.1 Å². The van der Waals surface area contributed by atoms with Gasteiger partial charge in [0.15, 0.2) is 5.78 Å². The fraction of sp³-hybridized carbons (Fsp3) is 0.750. The van der Waals surface area contributed by atoms with E-state index in [1.165, 1.54) is 19.1 Å². The fourth-order valence-corrected chi connectivity index (χ4v) is 10.8. The molecule has 2 saturated heterocycles. The van der Waals surface area contributed by atoms with E-state index in [2.05, 4.69) is 5.32 Å². The number of fused-ring (bicyclic) bond motifs is 3. The topological polar surface area (TPSA) is 243 Å². The number of carbonyl (C=O) groups is 6. The number of aliphatic hydroxyl groups excluding tert-OH is 2. The maximum atomic E-state index is 14.6. The number of Topliss-reactive ketones (excluding diaryl/α,β-unsaturated/α-hetero) is 3. The second-order valence-corrected chi connectivity index (χ2v) is 21.2. The fourth-order valence-electron chi connectivity index (χ4n) is 10.8. The minimum Gasteiger partial charge on any atom is -0.460 e. The number of methoxy groups -OCH3 is 2. The van der Waals surface area contributed by atoms with Crippen LogP contribution < -0.4 is 5.32 Å². The Kier molecular flexibility index (Phi) is 25.8. The Morgan fingerprint density at radius 3 is 2.31 bits per heavy atom. The molecule has 2 bridgehead atoms. The maximum absolute atomic E-state index is 14.6. The zero-order valence-corrected chi connectivity index (χ0v) is 45.7. The maximum Gasteiger partial charge on any atom is 0.406 e. The SMILES string of the molecule is CNC(=O)OCCO[C@@H]1C[C@@H]2CC[C@@H](C)[C@@](O)(O2)C(=O)C(=O)N2CCCC[C@H]2C(=O)O[C@H]([C@H](C)C[C@@H]2CC[C@@H](OCCO)[C@H](OC)C2)CC(=O)[C@H](C)/C=C(\C)[C@@H](O)[C@@H](OC)C(=O)[C@H](C)C[C@H](C)/C=C/C=C/C=C/1C. The number of ketones is 3. The summed E-state index contributed by atoms with van der Waals surface area (Å²) >= 11 is 0. The average molecular weight is 1050 g/mol. The first kappa shape index (κ1) is 62.4. The van der Waals surface area contributed by atoms with Crippen molar-refractivity contribution in [3.8, 4) is 0 Å². The molecule has 18 heteroatoms. The number of ether oxygens (including phenoxy) is 7. The first-order chi connectivity index (χ1) is 35.2. The number of alkyl carbamates (subject to hydrolysis) is 1. The largest absolute Gasteiger partial charge is 0.460 e. The Balaban J connectivity index is 1.71. The lowest BCUT2D eigenvalue weighted by molar-refractivity contribution is -0.266. The number of piperidine rings is 1. The van der Waals surface area contributed by atoms with Crippen molar-refractivity contribution in [2.75, 3.05) is 54.2 Å². The summed E-state index contributed by atoms with van der Waals surface area (Å²) in [4.78, 5) is 84.4. The predicted molar refractivity (Wildman–Crippen MR) is 275 cm³/mol. The van der Waals surface area contributed by atoms with Crippen LogP contribution >= 0.6 is 0 Å². The molecule has 3 aliphatic heterocycles. The van der Waals surface area contributed by atoms with Crippen LogP contribution in [0.15, 0.2) is 47.6 Å². The van der Waals surface area contributed by atoms with Crippen LogP contribution in [-0.2, 0) is 57.1 Å². The Morgan fingerprint density at radius 2 is 1.62 bits per heavy atom. The van der Waals surface area contributed by atoms with E-state index < -0.39 is 83.9 Å². The van der Waals surface area contributed by atoms with Gasteiger partial charge in [0.05, 0.1) is 44.2 Å². The van der Waals surface area contributed by atoms with Gasteiger partial charge in [0.1, 0.15) is 36.7 Å². The Hall–Kier alpha value is -4.14. The van der Waals surface area contributed by atoms with E-state index in [1.807, 2.05) is 51.2 Å². The summed E-state index contributed by atoms with van der Waals surface area (Å²) in [6, 6.07) is -1.19. The molecule has 0 aromatic heterocycles. The summed E-state index contributed by atoms with van der Waals surface area (Å²) in [5.41, 5.74) is 1.13. The Bertz CT molecular complexity index is 1990. The lowest BCUT2D eigenvalue weighted by Gasteiger charge is -2.43. The molecular formula is C56H88N2O16. The van der Waals surface area contributed by atoms with Crippen molar-refractivity contribution < 1.29 is 77.2 Å². The van der Waals surface area contributed by atoms with Gasteiger partial charge in [-0.25, -0.2) is 9.59 Å². The summed E-state index contributed by atoms with van der Waals surface area (Å²) < 4.78 is 41.2. The Labute approximate surface area is 438 Å². The first-order valence-electron chi connectivity index (χ1n) is 26.8. The van der Waals surface area contributed by atoms with Gasteiger partial charge in [-0.05, 0) is 107 Å². The standard InChI is InChI=1S/C56H88N2O16/c1-34-16-12-11-13-17-35(2)46(71-26-27-72-55(66)57-8)32-42-21-19-40(7)56(67,74-42)52(63)53(64)58-23-15-14-18-43(58)54(65)73-47(37(4)30-41-20-22-45(70-25-24-59)48(31-41)68-9)33-44(60)36(3)29-39(6)50(62)51(69-10)49(61)38(5)28-34/h11-13,16-17,29,34,36-38,40-43,45-48,50-51,59,62,67H,14-15,18-28,30-33H2,1-10H3,(H,57,66)/b13-11+,16-12+,35-17+,39-29+/t34-,36-,37-,38-,40-,41+,42+,43+,45-,46-,47+,48-,50-,51+,56-/m1/s1. The number of allylic oxidation sites excluding steroid dienone is 6. The van der Waals surface area contributed by atoms with Gasteiger partial charge in [0, 0.05) is 58.4 Å². The van der Waals surface area contributed by atoms with Crippen molar-refractivity contribution in [3.63, 3.8) is 0 Å². The van der Waals surface area contributed by atoms with Crippen molar-refractivity contribution >= 4 is 35.3 Å². The zero-order chi connectivity index (χ0) is 54.7. The number of aliphatic hydroxyl groups is 3. The number of rotatable bonds is 12. The third-order valence-electron chi connectivity index (χ3n) is 15.4. The normalized spacial score (nSPS) is 36.8. The number of cyclic esters (lactones) is 1. The second kappa shape index (κ2) is 30.6. The van der Waals surface area contributed by atoms with Crippen molar-refractivity contribution in [1.82, 2.24) is 10.2 Å². The van der Waals surface area contributed by atoms with Gasteiger partial charge in [0.2, 0.25) is 5.79 Å². The van der Waals surface area contributed by atoms with E-state index >= 15 is 0 Å². The molecule has 18 nitrogen and oxygen atoms in total. The molecule has 2 amide bonds. The molecule has 1 aliphatic carbocycles. The summed E-state index contributed by atoms with van der Waals surface area (Å²) in [5, 5.41) is 35.4. The van der Waals surface area contributed by atoms with E-state index in [0.29, 0.717) is 56.9 Å². The molecule has 3 fully saturated rings. The van der Waals surface area contributed by atoms with Crippen LogP contribution in [0, 0.1) is 35.5 Å². The number of esters is 1. The molecule has 0 aromatic carbocycles. The minimum absolute atomic E-state index is 0.0268. The second-order valence-electron chi connectivity index (χ2n) is 21.2. The number of nitrogens with one attached hydrogen (secondary N) is 1. The van der Waals surface area contributed by atoms with Crippen LogP contribution in [0.3, 0.4) is 0 Å². The van der Waals surface area contributed by atoms with Gasteiger partial charge in [-0.3, -0.25) is 19.2 Å². The third kappa shape index (κ3) is 17.7. The third-order valence-corrected chi connectivity index (χ3v) is 15.4. The lowest BCUT2D eigenvalue weighted by atomic mass is 9.78. The number of carbonyl (C=O) groups excluding carboxylic acids is 6. The van der Waals surface area contributed by atoms with Crippen LogP contribution in [0.5, 0.6) is 0 Å². The molecule has 0 spiro atoms. The van der Waals surface area contributed by atoms with Crippen molar-refractivity contribution in [1.29, 1.82) is 0 Å². The lowest BCUT2D eigenvalue weighted by Crippen LogP contribution is -2.61. The predicted octanol–water partition coefficient (Wildman–Crippen LogP) is 5.92. The number of hydrogen-bond acceptors (Lipinski definition) is 16. The quantitative estimate of drug-likeness (QED) is 0.0767. The van der Waals surface area contributed by atoms with E-state index in [1.54, 1.807) is 40.9 Å². The molecule has 4 aliphatic rings.